The Bertz CT molecular complexity index is 770. The minimum Gasteiger partial charge on any atom is -0.497 e. The molecule has 2 rings (SSSR count). The van der Waals surface area contributed by atoms with Gasteiger partial charge in [-0.3, -0.25) is 4.79 Å². The number of methoxy groups -OCH3 is 2. The fraction of sp³-hybridized carbons (Fsp3) is 0.263. The van der Waals surface area contributed by atoms with E-state index in [-0.39, 0.29) is 12.6 Å². The predicted molar refractivity (Wildman–Crippen MR) is 100 cm³/mol. The molecule has 0 saturated carbocycles. The summed E-state index contributed by atoms with van der Waals surface area (Å²) in [6.07, 6.45) is 2.93. The number of carbonyl (C=O) groups excluding carboxylic acids is 2. The molecule has 2 aromatic rings. The zero-order chi connectivity index (χ0) is 18.9. The van der Waals surface area contributed by atoms with Crippen LogP contribution in [0.25, 0.3) is 6.08 Å². The normalized spacial score (nSPS) is 11.8. The molecular weight excluding hydrogens is 354 g/mol. The Kier molecular flexibility index (Phi) is 7.23. The predicted octanol–water partition coefficient (Wildman–Crippen LogP) is 3.20. The highest BCUT2D eigenvalue weighted by Gasteiger charge is 2.16. The SMILES string of the molecule is COc1ccc(OC)c(C(C)NC(=O)COC(=O)/C=C/c2ccsc2)c1. The van der Waals surface area contributed by atoms with Crippen LogP contribution >= 0.6 is 11.3 Å². The molecule has 0 fully saturated rings. The van der Waals surface area contributed by atoms with Crippen LogP contribution in [0.2, 0.25) is 0 Å². The van der Waals surface area contributed by atoms with Gasteiger partial charge in [0.2, 0.25) is 0 Å². The quantitative estimate of drug-likeness (QED) is 0.567. The molecule has 1 aromatic heterocycles. The smallest absolute Gasteiger partial charge is 0.331 e. The molecule has 0 saturated heterocycles. The molecule has 1 atom stereocenters. The van der Waals surface area contributed by atoms with Gasteiger partial charge < -0.3 is 19.5 Å². The minimum atomic E-state index is -0.571. The Morgan fingerprint density at radius 2 is 2.04 bits per heavy atom. The first-order valence-corrected chi connectivity index (χ1v) is 8.86. The van der Waals surface area contributed by atoms with Crippen LogP contribution in [0.3, 0.4) is 0 Å². The Hall–Kier alpha value is -2.80. The maximum absolute atomic E-state index is 12.0. The maximum atomic E-state index is 12.0. The fourth-order valence-electron chi connectivity index (χ4n) is 2.26. The summed E-state index contributed by atoms with van der Waals surface area (Å²) in [5, 5.41) is 6.58. The van der Waals surface area contributed by atoms with E-state index in [0.717, 1.165) is 11.1 Å². The Morgan fingerprint density at radius 1 is 1.23 bits per heavy atom. The highest BCUT2D eigenvalue weighted by atomic mass is 32.1. The van der Waals surface area contributed by atoms with Crippen molar-refractivity contribution in [2.75, 3.05) is 20.8 Å². The van der Waals surface area contributed by atoms with Crippen LogP contribution < -0.4 is 14.8 Å². The first kappa shape index (κ1) is 19.5. The standard InChI is InChI=1S/C19H21NO5S/c1-13(16-10-15(23-2)5-6-17(16)24-3)20-18(21)11-25-19(22)7-4-14-8-9-26-12-14/h4-10,12-13H,11H2,1-3H3,(H,20,21)/b7-4+. The number of hydrogen-bond acceptors (Lipinski definition) is 6. The van der Waals surface area contributed by atoms with Crippen molar-refractivity contribution in [3.63, 3.8) is 0 Å². The van der Waals surface area contributed by atoms with Crippen LogP contribution in [0, 0.1) is 0 Å². The van der Waals surface area contributed by atoms with Gasteiger partial charge in [-0.2, -0.15) is 11.3 Å². The lowest BCUT2D eigenvalue weighted by Gasteiger charge is -2.18. The lowest BCUT2D eigenvalue weighted by molar-refractivity contribution is -0.144. The van der Waals surface area contributed by atoms with Crippen LogP contribution in [0.5, 0.6) is 11.5 Å². The highest BCUT2D eigenvalue weighted by Crippen LogP contribution is 2.29. The van der Waals surface area contributed by atoms with E-state index in [1.807, 2.05) is 23.8 Å². The summed E-state index contributed by atoms with van der Waals surface area (Å²) < 4.78 is 15.5. The molecule has 0 bridgehead atoms. The summed E-state index contributed by atoms with van der Waals surface area (Å²) in [4.78, 5) is 23.7. The largest absolute Gasteiger partial charge is 0.497 e. The molecule has 0 aliphatic heterocycles. The van der Waals surface area contributed by atoms with Gasteiger partial charge in [0.1, 0.15) is 11.5 Å². The number of amides is 1. The van der Waals surface area contributed by atoms with Crippen molar-refractivity contribution < 1.29 is 23.8 Å². The number of thiophene rings is 1. The fourth-order valence-corrected chi connectivity index (χ4v) is 2.89. The van der Waals surface area contributed by atoms with Gasteiger partial charge in [-0.05, 0) is 53.6 Å². The van der Waals surface area contributed by atoms with Gasteiger partial charge in [0.05, 0.1) is 20.3 Å². The number of hydrogen-bond donors (Lipinski definition) is 1. The Morgan fingerprint density at radius 3 is 2.69 bits per heavy atom. The summed E-state index contributed by atoms with van der Waals surface area (Å²) in [5.41, 5.74) is 1.68. The lowest BCUT2D eigenvalue weighted by atomic mass is 10.1. The average molecular weight is 375 g/mol. The molecule has 138 valence electrons. The Balaban J connectivity index is 1.88. The van der Waals surface area contributed by atoms with Gasteiger partial charge in [-0.1, -0.05) is 0 Å². The lowest BCUT2D eigenvalue weighted by Crippen LogP contribution is -2.31. The van der Waals surface area contributed by atoms with E-state index >= 15 is 0 Å². The molecule has 7 heteroatoms. The van der Waals surface area contributed by atoms with Crippen LogP contribution in [0.15, 0.2) is 41.1 Å². The third-order valence-corrected chi connectivity index (χ3v) is 4.28. The number of nitrogens with one attached hydrogen (secondary N) is 1. The van der Waals surface area contributed by atoms with Crippen molar-refractivity contribution in [1.29, 1.82) is 0 Å². The zero-order valence-electron chi connectivity index (χ0n) is 14.9. The number of benzene rings is 1. The van der Waals surface area contributed by atoms with Gasteiger partial charge in [0, 0.05) is 11.6 Å². The topological polar surface area (TPSA) is 73.9 Å². The summed E-state index contributed by atoms with van der Waals surface area (Å²) >= 11 is 1.53. The van der Waals surface area contributed by atoms with E-state index in [1.165, 1.54) is 17.4 Å². The molecule has 0 radical (unpaired) electrons. The van der Waals surface area contributed by atoms with E-state index in [1.54, 1.807) is 38.5 Å². The van der Waals surface area contributed by atoms with Crippen molar-refractivity contribution in [3.8, 4) is 11.5 Å². The number of ether oxygens (including phenoxy) is 3. The molecule has 1 aromatic carbocycles. The maximum Gasteiger partial charge on any atom is 0.331 e. The van der Waals surface area contributed by atoms with Gasteiger partial charge in [-0.25, -0.2) is 4.79 Å². The van der Waals surface area contributed by atoms with E-state index in [2.05, 4.69) is 5.32 Å². The molecule has 1 heterocycles. The van der Waals surface area contributed by atoms with Crippen molar-refractivity contribution in [3.05, 3.63) is 52.2 Å². The van der Waals surface area contributed by atoms with E-state index in [4.69, 9.17) is 14.2 Å². The molecule has 0 aliphatic rings. The van der Waals surface area contributed by atoms with Crippen molar-refractivity contribution in [2.45, 2.75) is 13.0 Å². The number of rotatable bonds is 8. The van der Waals surface area contributed by atoms with Crippen molar-refractivity contribution in [1.82, 2.24) is 5.32 Å². The second-order valence-corrected chi connectivity index (χ2v) is 6.17. The van der Waals surface area contributed by atoms with Crippen LogP contribution in [0.4, 0.5) is 0 Å². The molecule has 6 nitrogen and oxygen atoms in total. The molecule has 1 amide bonds. The van der Waals surface area contributed by atoms with Gasteiger partial charge in [0.15, 0.2) is 6.61 Å². The zero-order valence-corrected chi connectivity index (χ0v) is 15.7. The minimum absolute atomic E-state index is 0.340. The van der Waals surface area contributed by atoms with Gasteiger partial charge in [-0.15, -0.1) is 0 Å². The first-order valence-electron chi connectivity index (χ1n) is 7.91. The van der Waals surface area contributed by atoms with Crippen molar-refractivity contribution >= 4 is 29.3 Å². The summed E-state index contributed by atoms with van der Waals surface area (Å²) in [6.45, 7) is 1.46. The van der Waals surface area contributed by atoms with E-state index < -0.39 is 11.9 Å². The summed E-state index contributed by atoms with van der Waals surface area (Å²) in [6, 6.07) is 6.88. The first-order chi connectivity index (χ1) is 12.5. The number of carbonyl (C=O) groups is 2. The van der Waals surface area contributed by atoms with Gasteiger partial charge >= 0.3 is 5.97 Å². The monoisotopic (exact) mass is 375 g/mol. The van der Waals surface area contributed by atoms with Crippen LogP contribution in [-0.4, -0.2) is 32.7 Å². The van der Waals surface area contributed by atoms with Gasteiger partial charge in [0.25, 0.3) is 5.91 Å². The second kappa shape index (κ2) is 9.62. The summed E-state index contributed by atoms with van der Waals surface area (Å²) in [7, 11) is 3.12. The number of esters is 1. The molecule has 0 spiro atoms. The third-order valence-electron chi connectivity index (χ3n) is 3.58. The van der Waals surface area contributed by atoms with Crippen LogP contribution in [-0.2, 0) is 14.3 Å². The molecular formula is C19H21NO5S. The average Bonchev–Trinajstić information content (AvgIpc) is 3.17. The Labute approximate surface area is 156 Å². The summed E-state index contributed by atoms with van der Waals surface area (Å²) in [5.74, 6) is 0.318. The second-order valence-electron chi connectivity index (χ2n) is 5.39. The van der Waals surface area contributed by atoms with E-state index in [9.17, 15) is 9.59 Å². The highest BCUT2D eigenvalue weighted by molar-refractivity contribution is 7.08. The molecule has 0 aliphatic carbocycles. The van der Waals surface area contributed by atoms with Crippen molar-refractivity contribution in [2.24, 2.45) is 0 Å². The molecule has 1 unspecified atom stereocenters. The van der Waals surface area contributed by atoms with E-state index in [0.29, 0.717) is 11.5 Å². The molecule has 1 N–H and O–H groups in total. The molecule has 26 heavy (non-hydrogen) atoms. The van der Waals surface area contributed by atoms with Crippen LogP contribution in [0.1, 0.15) is 24.1 Å². The third kappa shape index (κ3) is 5.63.